The maximum atomic E-state index is 12.5. The van der Waals surface area contributed by atoms with Crippen LogP contribution in [0.15, 0.2) is 6.20 Å². The van der Waals surface area contributed by atoms with E-state index in [1.165, 1.54) is 4.80 Å². The van der Waals surface area contributed by atoms with E-state index < -0.39 is 0 Å². The van der Waals surface area contributed by atoms with Crippen molar-refractivity contribution >= 4 is 5.91 Å². The predicted molar refractivity (Wildman–Crippen MR) is 77.2 cm³/mol. The number of aromatic nitrogens is 3. The molecule has 6 nitrogen and oxygen atoms in total. The maximum Gasteiger partial charge on any atom is 0.223 e. The van der Waals surface area contributed by atoms with Gasteiger partial charge in [-0.1, -0.05) is 6.92 Å². The quantitative estimate of drug-likeness (QED) is 0.814. The van der Waals surface area contributed by atoms with Gasteiger partial charge in [0.15, 0.2) is 0 Å². The van der Waals surface area contributed by atoms with Crippen molar-refractivity contribution in [3.05, 3.63) is 11.9 Å². The molecule has 2 heterocycles. The minimum absolute atomic E-state index is 0.248. The van der Waals surface area contributed by atoms with Crippen LogP contribution in [-0.4, -0.2) is 63.4 Å². The van der Waals surface area contributed by atoms with Crippen molar-refractivity contribution in [3.63, 3.8) is 0 Å². The fourth-order valence-corrected chi connectivity index (χ4v) is 2.80. The largest absolute Gasteiger partial charge is 0.338 e. The molecule has 112 valence electrons. The molecule has 1 aliphatic rings. The monoisotopic (exact) mass is 279 g/mol. The Morgan fingerprint density at radius 1 is 1.40 bits per heavy atom. The lowest BCUT2D eigenvalue weighted by Gasteiger charge is -2.30. The van der Waals surface area contributed by atoms with Crippen molar-refractivity contribution in [2.24, 2.45) is 7.05 Å². The number of likely N-dealkylation sites (N-methyl/N-ethyl adjacent to an activating group) is 1. The highest BCUT2D eigenvalue weighted by atomic mass is 16.2. The van der Waals surface area contributed by atoms with Gasteiger partial charge >= 0.3 is 0 Å². The average molecular weight is 279 g/mol. The molecule has 0 radical (unpaired) electrons. The summed E-state index contributed by atoms with van der Waals surface area (Å²) in [7, 11) is 3.93. The van der Waals surface area contributed by atoms with Gasteiger partial charge in [-0.05, 0) is 26.4 Å². The topological polar surface area (TPSA) is 54.3 Å². The van der Waals surface area contributed by atoms with Gasteiger partial charge in [-0.25, -0.2) is 0 Å². The van der Waals surface area contributed by atoms with Crippen molar-refractivity contribution in [2.45, 2.75) is 38.6 Å². The molecule has 6 heteroatoms. The van der Waals surface area contributed by atoms with Gasteiger partial charge in [0.2, 0.25) is 5.91 Å². The van der Waals surface area contributed by atoms with Crippen LogP contribution in [0.1, 0.15) is 31.9 Å². The highest BCUT2D eigenvalue weighted by Gasteiger charge is 2.25. The molecule has 0 aliphatic carbocycles. The lowest BCUT2D eigenvalue weighted by molar-refractivity contribution is -0.133. The summed E-state index contributed by atoms with van der Waals surface area (Å²) in [6.07, 6.45) is 5.01. The maximum absolute atomic E-state index is 12.5. The lowest BCUT2D eigenvalue weighted by Crippen LogP contribution is -2.43. The number of hydrogen-bond donors (Lipinski definition) is 0. The highest BCUT2D eigenvalue weighted by molar-refractivity contribution is 5.76. The third-order valence-corrected chi connectivity index (χ3v) is 3.94. The number of amides is 1. The Labute approximate surface area is 120 Å². The number of hydrogen-bond acceptors (Lipinski definition) is 4. The summed E-state index contributed by atoms with van der Waals surface area (Å²) in [6, 6.07) is 0.344. The molecule has 0 bridgehead atoms. The molecule has 1 saturated heterocycles. The summed E-state index contributed by atoms with van der Waals surface area (Å²) < 4.78 is 0. The SMILES string of the molecule is CCC1CN(C)CCCN1C(=O)CCc1cnn(C)n1. The fourth-order valence-electron chi connectivity index (χ4n) is 2.80. The first-order valence-corrected chi connectivity index (χ1v) is 7.43. The van der Waals surface area contributed by atoms with Crippen molar-refractivity contribution in [1.82, 2.24) is 24.8 Å². The van der Waals surface area contributed by atoms with Gasteiger partial charge in [-0.15, -0.1) is 0 Å². The van der Waals surface area contributed by atoms with Gasteiger partial charge in [-0.2, -0.15) is 15.0 Å². The number of aryl methyl sites for hydroxylation is 2. The van der Waals surface area contributed by atoms with Gasteiger partial charge in [0.25, 0.3) is 0 Å². The molecule has 1 aliphatic heterocycles. The van der Waals surface area contributed by atoms with Crippen molar-refractivity contribution < 1.29 is 4.79 Å². The summed E-state index contributed by atoms with van der Waals surface area (Å²) in [4.78, 5) is 18.4. The molecule has 2 rings (SSSR count). The van der Waals surface area contributed by atoms with E-state index in [-0.39, 0.29) is 5.91 Å². The van der Waals surface area contributed by atoms with Crippen LogP contribution < -0.4 is 0 Å². The summed E-state index contributed by atoms with van der Waals surface area (Å²) in [5.74, 6) is 0.248. The molecule has 0 spiro atoms. The molecule has 1 atom stereocenters. The zero-order valence-electron chi connectivity index (χ0n) is 12.7. The zero-order valence-corrected chi connectivity index (χ0v) is 12.7. The highest BCUT2D eigenvalue weighted by Crippen LogP contribution is 2.14. The van der Waals surface area contributed by atoms with Gasteiger partial charge in [-0.3, -0.25) is 4.79 Å². The molecule has 20 heavy (non-hydrogen) atoms. The Bertz CT molecular complexity index is 445. The Balaban J connectivity index is 1.92. The molecule has 1 unspecified atom stereocenters. The normalized spacial score (nSPS) is 20.9. The lowest BCUT2D eigenvalue weighted by atomic mass is 10.1. The fraction of sp³-hybridized carbons (Fsp3) is 0.786. The van der Waals surface area contributed by atoms with Crippen LogP contribution in [-0.2, 0) is 18.3 Å². The van der Waals surface area contributed by atoms with Crippen LogP contribution in [0, 0.1) is 0 Å². The second-order valence-corrected chi connectivity index (χ2v) is 5.59. The van der Waals surface area contributed by atoms with E-state index in [1.54, 1.807) is 13.2 Å². The van der Waals surface area contributed by atoms with E-state index in [4.69, 9.17) is 0 Å². The Morgan fingerprint density at radius 2 is 2.20 bits per heavy atom. The minimum Gasteiger partial charge on any atom is -0.338 e. The van der Waals surface area contributed by atoms with Crippen LogP contribution in [0.5, 0.6) is 0 Å². The Kier molecular flexibility index (Phi) is 5.11. The van der Waals surface area contributed by atoms with Crippen LogP contribution in [0.25, 0.3) is 0 Å². The van der Waals surface area contributed by atoms with E-state index in [9.17, 15) is 4.79 Å². The summed E-state index contributed by atoms with van der Waals surface area (Å²) >= 11 is 0. The predicted octanol–water partition coefficient (Wildman–Crippen LogP) is 0.690. The molecule has 0 N–H and O–H groups in total. The van der Waals surface area contributed by atoms with Crippen LogP contribution in [0.4, 0.5) is 0 Å². The number of carbonyl (C=O) groups is 1. The summed E-state index contributed by atoms with van der Waals surface area (Å²) in [6.45, 7) is 5.09. The number of rotatable bonds is 4. The van der Waals surface area contributed by atoms with Crippen molar-refractivity contribution in [2.75, 3.05) is 26.7 Å². The van der Waals surface area contributed by atoms with Gasteiger partial charge in [0, 0.05) is 39.0 Å². The smallest absolute Gasteiger partial charge is 0.223 e. The first-order chi connectivity index (χ1) is 9.60. The van der Waals surface area contributed by atoms with Crippen LogP contribution >= 0.6 is 0 Å². The summed E-state index contributed by atoms with van der Waals surface area (Å²) in [5, 5.41) is 8.26. The molecule has 1 aromatic rings. The zero-order chi connectivity index (χ0) is 14.5. The molecular formula is C14H25N5O. The third kappa shape index (κ3) is 3.79. The Morgan fingerprint density at radius 3 is 2.85 bits per heavy atom. The van der Waals surface area contributed by atoms with E-state index >= 15 is 0 Å². The first-order valence-electron chi connectivity index (χ1n) is 7.43. The van der Waals surface area contributed by atoms with E-state index in [1.807, 2.05) is 0 Å². The van der Waals surface area contributed by atoms with Gasteiger partial charge in [0.05, 0.1) is 11.9 Å². The van der Waals surface area contributed by atoms with Gasteiger partial charge < -0.3 is 9.80 Å². The number of carbonyl (C=O) groups excluding carboxylic acids is 1. The Hall–Kier alpha value is -1.43. The van der Waals surface area contributed by atoms with Gasteiger partial charge in [0.1, 0.15) is 0 Å². The standard InChI is InChI=1S/C14H25N5O/c1-4-13-11-17(2)8-5-9-19(13)14(20)7-6-12-10-15-18(3)16-12/h10,13H,4-9,11H2,1-3H3. The second-order valence-electron chi connectivity index (χ2n) is 5.59. The molecule has 1 fully saturated rings. The first kappa shape index (κ1) is 15.0. The van der Waals surface area contributed by atoms with Crippen LogP contribution in [0.2, 0.25) is 0 Å². The average Bonchev–Trinajstić information content (AvgIpc) is 2.74. The summed E-state index contributed by atoms with van der Waals surface area (Å²) in [5.41, 5.74) is 0.890. The van der Waals surface area contributed by atoms with Crippen LogP contribution in [0.3, 0.4) is 0 Å². The molecular weight excluding hydrogens is 254 g/mol. The minimum atomic E-state index is 0.248. The van der Waals surface area contributed by atoms with Crippen molar-refractivity contribution in [3.8, 4) is 0 Å². The molecule has 1 amide bonds. The second kappa shape index (κ2) is 6.83. The van der Waals surface area contributed by atoms with E-state index in [2.05, 4.69) is 34.0 Å². The molecule has 0 saturated carbocycles. The molecule has 0 aromatic carbocycles. The van der Waals surface area contributed by atoms with E-state index in [0.29, 0.717) is 18.9 Å². The van der Waals surface area contributed by atoms with E-state index in [0.717, 1.165) is 38.2 Å². The number of nitrogens with zero attached hydrogens (tertiary/aromatic N) is 5. The third-order valence-electron chi connectivity index (χ3n) is 3.94. The van der Waals surface area contributed by atoms with Crippen molar-refractivity contribution in [1.29, 1.82) is 0 Å². The molecule has 1 aromatic heterocycles.